The van der Waals surface area contributed by atoms with Crippen molar-refractivity contribution >= 4 is 56.8 Å². The van der Waals surface area contributed by atoms with Crippen LogP contribution in [0.1, 0.15) is 22.8 Å². The largest absolute Gasteiger partial charge is 0.480 e. The van der Waals surface area contributed by atoms with Crippen molar-refractivity contribution in [2.75, 3.05) is 6.54 Å². The summed E-state index contributed by atoms with van der Waals surface area (Å²) in [6, 6.07) is 8.07. The summed E-state index contributed by atoms with van der Waals surface area (Å²) in [6.07, 6.45) is 0.794. The Morgan fingerprint density at radius 2 is 1.81 bits per heavy atom. The van der Waals surface area contributed by atoms with Gasteiger partial charge in [-0.3, -0.25) is 24.1 Å². The molecule has 1 saturated heterocycles. The number of rotatable bonds is 3. The second kappa shape index (κ2) is 6.79. The molecule has 2 amide bonds. The fourth-order valence-corrected chi connectivity index (χ4v) is 9.57. The first-order valence-electron chi connectivity index (χ1n) is 10.1. The first kappa shape index (κ1) is 19.8. The highest BCUT2D eigenvalue weighted by Crippen LogP contribution is 2.68. The topological polar surface area (TPSA) is 108 Å². The summed E-state index contributed by atoms with van der Waals surface area (Å²) in [5.74, 6) is -2.63. The van der Waals surface area contributed by atoms with Gasteiger partial charge in [0.2, 0.25) is 11.8 Å². The van der Waals surface area contributed by atoms with Gasteiger partial charge in [-0.15, -0.1) is 11.8 Å². The number of carboxylic acid groups (broad SMARTS) is 1. The number of carbonyl (C=O) groups excluding carboxylic acids is 2. The maximum Gasteiger partial charge on any atom is 0.323 e. The third-order valence-electron chi connectivity index (χ3n) is 7.34. The van der Waals surface area contributed by atoms with Crippen LogP contribution in [-0.4, -0.2) is 44.6 Å². The molecule has 4 aliphatic rings. The molecule has 2 N–H and O–H groups in total. The zero-order valence-corrected chi connectivity index (χ0v) is 19.2. The molecule has 1 aromatic heterocycles. The zero-order valence-electron chi connectivity index (χ0n) is 16.0. The number of carbonyl (C=O) groups is 3. The molecule has 0 unspecified atom stereocenters. The predicted octanol–water partition coefficient (Wildman–Crippen LogP) is 2.76. The number of aromatic nitrogens is 1. The Labute approximate surface area is 193 Å². The van der Waals surface area contributed by atoms with E-state index in [4.69, 9.17) is 5.11 Å². The molecule has 0 spiro atoms. The van der Waals surface area contributed by atoms with Gasteiger partial charge in [-0.05, 0) is 41.9 Å². The van der Waals surface area contributed by atoms with Gasteiger partial charge >= 0.3 is 10.8 Å². The van der Waals surface area contributed by atoms with Crippen LogP contribution in [0.3, 0.4) is 0 Å². The molecule has 10 heteroatoms. The van der Waals surface area contributed by atoms with Gasteiger partial charge in [0.15, 0.2) is 0 Å². The third-order valence-corrected chi connectivity index (χ3v) is 10.5. The lowest BCUT2D eigenvalue weighted by atomic mass is 9.68. The lowest BCUT2D eigenvalue weighted by Crippen LogP contribution is -2.42. The van der Waals surface area contributed by atoms with Crippen molar-refractivity contribution in [1.82, 2.24) is 9.88 Å². The van der Waals surface area contributed by atoms with Gasteiger partial charge in [-0.25, -0.2) is 0 Å². The lowest BCUT2D eigenvalue weighted by Gasteiger charge is -2.43. The number of hydrogen-bond acceptors (Lipinski definition) is 6. The number of imide groups is 1. The van der Waals surface area contributed by atoms with E-state index >= 15 is 0 Å². The van der Waals surface area contributed by atoms with E-state index in [0.29, 0.717) is 0 Å². The second-order valence-corrected chi connectivity index (χ2v) is 11.8. The molecule has 2 aromatic rings. The Morgan fingerprint density at radius 1 is 1.13 bits per heavy atom. The number of nitrogens with one attached hydrogen (secondary N) is 1. The lowest BCUT2D eigenvalue weighted by molar-refractivity contribution is -0.149. The summed E-state index contributed by atoms with van der Waals surface area (Å²) in [5.41, 5.74) is 1.10. The van der Waals surface area contributed by atoms with Crippen LogP contribution in [0.4, 0.5) is 0 Å². The third kappa shape index (κ3) is 2.70. The highest BCUT2D eigenvalue weighted by molar-refractivity contribution is 9.10. The van der Waals surface area contributed by atoms with Gasteiger partial charge in [-0.1, -0.05) is 39.4 Å². The Hall–Kier alpha value is -1.91. The van der Waals surface area contributed by atoms with Crippen LogP contribution in [0, 0.1) is 29.6 Å². The van der Waals surface area contributed by atoms with E-state index in [-0.39, 0.29) is 45.6 Å². The van der Waals surface area contributed by atoms with E-state index in [0.717, 1.165) is 31.3 Å². The van der Waals surface area contributed by atoms with Crippen LogP contribution in [0.2, 0.25) is 0 Å². The number of amides is 2. The van der Waals surface area contributed by atoms with E-state index in [1.807, 2.05) is 12.1 Å². The predicted molar refractivity (Wildman–Crippen MR) is 117 cm³/mol. The molecule has 0 radical (unpaired) electrons. The fourth-order valence-electron chi connectivity index (χ4n) is 6.41. The molecule has 2 bridgehead atoms. The molecule has 31 heavy (non-hydrogen) atoms. The summed E-state index contributed by atoms with van der Waals surface area (Å²) >= 11 is 6.33. The number of fused-ring (bicyclic) bond motifs is 9. The maximum atomic E-state index is 13.1. The van der Waals surface area contributed by atoms with Gasteiger partial charge in [0.05, 0.1) is 16.9 Å². The number of hydrogen-bond donors (Lipinski definition) is 2. The Balaban J connectivity index is 1.45. The molecule has 7 nitrogen and oxygen atoms in total. The first-order chi connectivity index (χ1) is 14.8. The smallest absolute Gasteiger partial charge is 0.323 e. The van der Waals surface area contributed by atoms with Crippen molar-refractivity contribution in [3.05, 3.63) is 48.8 Å². The van der Waals surface area contributed by atoms with Gasteiger partial charge in [0.1, 0.15) is 6.54 Å². The molecule has 2 aliphatic carbocycles. The average molecular weight is 521 g/mol. The quantitative estimate of drug-likeness (QED) is 0.602. The number of likely N-dealkylation sites (tertiary alicyclic amines) is 1. The van der Waals surface area contributed by atoms with Gasteiger partial charge in [0.25, 0.3) is 0 Å². The standard InChI is InChI=1S/C21H17BrN2O5S2/c22-8-3-1-7(2-4-8)12-13-9-5-10(16(13)30-18-17(12)31-21(29)23-18)15-14(9)19(27)24(20(15)28)6-11(25)26/h1-4,9-10,12-16H,5-6H2,(H,23,29)(H,25,26)/t9-,10+,12-,13+,14+,15+,16-/m0/s1. The second-order valence-electron chi connectivity index (χ2n) is 8.67. The number of thiazole rings is 1. The number of H-pyrrole nitrogens is 1. The number of nitrogens with zero attached hydrogens (tertiary/aromatic N) is 1. The molecule has 1 aromatic carbocycles. The van der Waals surface area contributed by atoms with Gasteiger partial charge in [0, 0.05) is 20.5 Å². The van der Waals surface area contributed by atoms with Crippen molar-refractivity contribution in [2.45, 2.75) is 22.6 Å². The van der Waals surface area contributed by atoms with Crippen LogP contribution in [0.25, 0.3) is 0 Å². The SMILES string of the molecule is O=C(O)CN1C(=O)[C@@H]2[C@H]3C[C@@H]([C@@H]4Sc5[nH]c(=O)sc5[C@@H](c5ccc(Br)cc5)[C@@H]34)[C@H]2C1=O. The van der Waals surface area contributed by atoms with Crippen molar-refractivity contribution in [1.29, 1.82) is 0 Å². The fraction of sp³-hybridized carbons (Fsp3) is 0.429. The van der Waals surface area contributed by atoms with Gasteiger partial charge < -0.3 is 10.1 Å². The molecule has 7 atom stereocenters. The monoisotopic (exact) mass is 520 g/mol. The number of aromatic amines is 1. The highest BCUT2D eigenvalue weighted by Gasteiger charge is 2.69. The van der Waals surface area contributed by atoms with Crippen LogP contribution in [-0.2, 0) is 14.4 Å². The van der Waals surface area contributed by atoms with Crippen molar-refractivity contribution in [3.63, 3.8) is 0 Å². The molecule has 2 saturated carbocycles. The van der Waals surface area contributed by atoms with Crippen molar-refractivity contribution in [2.24, 2.45) is 29.6 Å². The molecule has 3 fully saturated rings. The molecule has 3 heterocycles. The Bertz CT molecular complexity index is 1190. The highest BCUT2D eigenvalue weighted by atomic mass is 79.9. The Morgan fingerprint density at radius 3 is 2.48 bits per heavy atom. The number of halogens is 1. The summed E-state index contributed by atoms with van der Waals surface area (Å²) in [5, 5.41) is 10.1. The van der Waals surface area contributed by atoms with Crippen molar-refractivity contribution in [3.8, 4) is 0 Å². The zero-order chi connectivity index (χ0) is 21.6. The summed E-state index contributed by atoms with van der Waals surface area (Å²) in [7, 11) is 0. The number of benzene rings is 1. The number of aliphatic carboxylic acids is 1. The van der Waals surface area contributed by atoms with Crippen LogP contribution < -0.4 is 4.87 Å². The van der Waals surface area contributed by atoms with Crippen LogP contribution >= 0.6 is 39.0 Å². The minimum atomic E-state index is -1.17. The van der Waals surface area contributed by atoms with Crippen molar-refractivity contribution < 1.29 is 19.5 Å². The van der Waals surface area contributed by atoms with E-state index in [1.54, 1.807) is 11.8 Å². The number of carboxylic acids is 1. The minimum Gasteiger partial charge on any atom is -0.480 e. The molecular weight excluding hydrogens is 504 g/mol. The normalized spacial score (nSPS) is 35.3. The first-order valence-corrected chi connectivity index (χ1v) is 12.6. The number of thioether (sulfide) groups is 1. The summed E-state index contributed by atoms with van der Waals surface area (Å²) < 4.78 is 0.967. The molecule has 2 aliphatic heterocycles. The molecule has 6 rings (SSSR count). The van der Waals surface area contributed by atoms with Gasteiger partial charge in [-0.2, -0.15) is 0 Å². The molecule has 160 valence electrons. The maximum absolute atomic E-state index is 13.1. The van der Waals surface area contributed by atoms with E-state index in [1.165, 1.54) is 11.3 Å². The minimum absolute atomic E-state index is 0.00161. The van der Waals surface area contributed by atoms with E-state index in [2.05, 4.69) is 33.0 Å². The van der Waals surface area contributed by atoms with E-state index in [9.17, 15) is 19.2 Å². The van der Waals surface area contributed by atoms with E-state index < -0.39 is 24.3 Å². The van der Waals surface area contributed by atoms with Crippen LogP contribution in [0.15, 0.2) is 38.6 Å². The molecular formula is C21H17BrN2O5S2. The Kier molecular flexibility index (Phi) is 4.33. The average Bonchev–Trinajstić information content (AvgIpc) is 3.44. The summed E-state index contributed by atoms with van der Waals surface area (Å²) in [6.45, 7) is -0.566. The summed E-state index contributed by atoms with van der Waals surface area (Å²) in [4.78, 5) is 54.4. The van der Waals surface area contributed by atoms with Crippen LogP contribution in [0.5, 0.6) is 0 Å².